The first kappa shape index (κ1) is 31.7. The molecule has 1 N–H and O–H groups in total. The van der Waals surface area contributed by atoms with E-state index in [2.05, 4.69) is 33.0 Å². The molecule has 1 unspecified atom stereocenters. The molecule has 0 fully saturated rings. The Balaban J connectivity index is 0.00000251. The summed E-state index contributed by atoms with van der Waals surface area (Å²) in [5.74, 6) is 0.469. The zero-order valence-corrected chi connectivity index (χ0v) is 22.4. The minimum atomic E-state index is -0.143. The summed E-state index contributed by atoms with van der Waals surface area (Å²) >= 11 is 0. The lowest BCUT2D eigenvalue weighted by molar-refractivity contribution is -0.120. The molecular weight excluding hydrogens is 426 g/mol. The van der Waals surface area contributed by atoms with E-state index in [0.29, 0.717) is 47.8 Å². The third-order valence-electron chi connectivity index (χ3n) is 5.91. The highest BCUT2D eigenvalue weighted by Crippen LogP contribution is 2.18. The summed E-state index contributed by atoms with van der Waals surface area (Å²) in [5.41, 5.74) is 1.32. The Morgan fingerprint density at radius 2 is 1.21 bits per heavy atom. The summed E-state index contributed by atoms with van der Waals surface area (Å²) in [7, 11) is 0. The van der Waals surface area contributed by atoms with Gasteiger partial charge in [0, 0.05) is 36.1 Å². The van der Waals surface area contributed by atoms with Crippen molar-refractivity contribution in [3.63, 3.8) is 0 Å². The van der Waals surface area contributed by atoms with Gasteiger partial charge < -0.3 is 5.32 Å². The van der Waals surface area contributed by atoms with E-state index in [9.17, 15) is 19.2 Å². The van der Waals surface area contributed by atoms with Gasteiger partial charge in [-0.3, -0.25) is 19.2 Å². The Labute approximate surface area is 207 Å². The Hall–Kier alpha value is -2.30. The number of Topliss-reactive ketones (excluding diaryl/α,β-unsaturated/α-hetero) is 3. The van der Waals surface area contributed by atoms with Crippen LogP contribution in [0.3, 0.4) is 0 Å². The fraction of sp³-hybridized carbons (Fsp3) is 0.655. The second-order valence-electron chi connectivity index (χ2n) is 9.34. The first-order chi connectivity index (χ1) is 16.1. The molecular formula is C29H47NO4. The number of anilines is 1. The Bertz CT molecular complexity index is 735. The molecule has 0 aliphatic carbocycles. The molecule has 5 nitrogen and oxygen atoms in total. The van der Waals surface area contributed by atoms with E-state index in [0.717, 1.165) is 44.9 Å². The summed E-state index contributed by atoms with van der Waals surface area (Å²) in [6, 6.07) is 4.77. The maximum absolute atomic E-state index is 12.2. The van der Waals surface area contributed by atoms with Crippen LogP contribution in [0.4, 0.5) is 5.69 Å². The van der Waals surface area contributed by atoms with Crippen LogP contribution in [0.25, 0.3) is 0 Å². The largest absolute Gasteiger partial charge is 0.326 e. The number of rotatable bonds is 16. The van der Waals surface area contributed by atoms with Crippen molar-refractivity contribution in [3.8, 4) is 0 Å². The number of carbonyl (C=O) groups excluding carboxylic acids is 4. The Morgan fingerprint density at radius 1 is 0.735 bits per heavy atom. The second-order valence-corrected chi connectivity index (χ2v) is 9.34. The van der Waals surface area contributed by atoms with E-state index in [-0.39, 0.29) is 17.5 Å². The number of nitrogens with one attached hydrogen (secondary N) is 1. The third kappa shape index (κ3) is 15.5. The van der Waals surface area contributed by atoms with Crippen LogP contribution in [0.5, 0.6) is 0 Å². The highest BCUT2D eigenvalue weighted by Gasteiger charge is 2.10. The predicted octanol–water partition coefficient (Wildman–Crippen LogP) is 7.96. The van der Waals surface area contributed by atoms with Gasteiger partial charge in [0.25, 0.3) is 0 Å². The van der Waals surface area contributed by atoms with Gasteiger partial charge in [0.2, 0.25) is 5.91 Å². The van der Waals surface area contributed by atoms with Gasteiger partial charge in [0.05, 0.1) is 0 Å². The molecule has 34 heavy (non-hydrogen) atoms. The molecule has 1 aromatic rings. The second kappa shape index (κ2) is 19.1. The lowest BCUT2D eigenvalue weighted by Crippen LogP contribution is -2.12. The lowest BCUT2D eigenvalue weighted by Gasteiger charge is -2.09. The molecule has 0 aliphatic rings. The van der Waals surface area contributed by atoms with Crippen LogP contribution in [-0.2, 0) is 9.59 Å². The van der Waals surface area contributed by atoms with Crippen LogP contribution in [0, 0.1) is 5.92 Å². The van der Waals surface area contributed by atoms with Crippen molar-refractivity contribution in [2.24, 2.45) is 5.92 Å². The third-order valence-corrected chi connectivity index (χ3v) is 5.91. The lowest BCUT2D eigenvalue weighted by atomic mass is 9.98. The Kier molecular flexibility index (Phi) is 17.8. The molecule has 0 aromatic heterocycles. The van der Waals surface area contributed by atoms with Crippen molar-refractivity contribution in [1.29, 1.82) is 0 Å². The van der Waals surface area contributed by atoms with Crippen molar-refractivity contribution in [1.82, 2.24) is 0 Å². The number of hydrogen-bond acceptors (Lipinski definition) is 4. The molecule has 192 valence electrons. The van der Waals surface area contributed by atoms with Crippen LogP contribution in [0.15, 0.2) is 18.2 Å². The quantitative estimate of drug-likeness (QED) is 0.195. The summed E-state index contributed by atoms with van der Waals surface area (Å²) in [6.45, 7) is 11.5. The minimum absolute atomic E-state index is 0.110. The fourth-order valence-corrected chi connectivity index (χ4v) is 3.28. The predicted molar refractivity (Wildman–Crippen MR) is 142 cm³/mol. The van der Waals surface area contributed by atoms with Crippen LogP contribution in [0.1, 0.15) is 139 Å². The maximum atomic E-state index is 12.2. The molecule has 0 radical (unpaired) electrons. The highest BCUT2D eigenvalue weighted by atomic mass is 16.2. The zero-order chi connectivity index (χ0) is 25.9. The number of carbonyl (C=O) groups is 4. The van der Waals surface area contributed by atoms with Gasteiger partial charge in [0.1, 0.15) is 5.78 Å². The van der Waals surface area contributed by atoms with E-state index in [1.54, 1.807) is 18.2 Å². The molecule has 0 saturated carbocycles. The Morgan fingerprint density at radius 3 is 1.65 bits per heavy atom. The molecule has 0 spiro atoms. The monoisotopic (exact) mass is 473 g/mol. The summed E-state index contributed by atoms with van der Waals surface area (Å²) in [5, 5.41) is 2.80. The van der Waals surface area contributed by atoms with Gasteiger partial charge in [0.15, 0.2) is 11.6 Å². The summed E-state index contributed by atoms with van der Waals surface area (Å²) in [6.07, 6.45) is 11.4. The van der Waals surface area contributed by atoms with Crippen molar-refractivity contribution in [3.05, 3.63) is 29.3 Å². The average Bonchev–Trinajstić information content (AvgIpc) is 2.80. The molecule has 0 saturated heterocycles. The van der Waals surface area contributed by atoms with Gasteiger partial charge in [-0.2, -0.15) is 0 Å². The van der Waals surface area contributed by atoms with E-state index < -0.39 is 0 Å². The van der Waals surface area contributed by atoms with Crippen LogP contribution >= 0.6 is 0 Å². The molecule has 1 rings (SSSR count). The first-order valence-corrected chi connectivity index (χ1v) is 13.1. The SMILES string of the molecule is CCC(C)CC(=O)CCCCCCCCC(=O)Nc1cc(C(C)=O)cc(C(C)=O)c1.CCCC. The van der Waals surface area contributed by atoms with Crippen LogP contribution < -0.4 is 5.32 Å². The van der Waals surface area contributed by atoms with Crippen molar-refractivity contribution in [2.45, 2.75) is 119 Å². The van der Waals surface area contributed by atoms with Crippen LogP contribution in [0.2, 0.25) is 0 Å². The van der Waals surface area contributed by atoms with E-state index in [4.69, 9.17) is 0 Å². The number of benzene rings is 1. The van der Waals surface area contributed by atoms with E-state index in [1.807, 2.05) is 0 Å². The molecule has 5 heteroatoms. The topological polar surface area (TPSA) is 80.3 Å². The highest BCUT2D eigenvalue weighted by molar-refractivity contribution is 6.02. The molecule has 1 atom stereocenters. The zero-order valence-electron chi connectivity index (χ0n) is 22.4. The van der Waals surface area contributed by atoms with Gasteiger partial charge in [-0.15, -0.1) is 0 Å². The van der Waals surface area contributed by atoms with Crippen LogP contribution in [-0.4, -0.2) is 23.3 Å². The molecule has 0 aliphatic heterocycles. The van der Waals surface area contributed by atoms with Gasteiger partial charge in [-0.05, 0) is 50.8 Å². The minimum Gasteiger partial charge on any atom is -0.326 e. The number of amides is 1. The standard InChI is InChI=1S/C25H37NO4.C4H10/c1-5-18(2)14-24(29)12-10-8-6-7-9-11-13-25(30)26-23-16-21(19(3)27)15-22(17-23)20(4)28;1-3-4-2/h15-18H,5-14H2,1-4H3,(H,26,30);3-4H2,1-2H3. The van der Waals surface area contributed by atoms with Gasteiger partial charge in [-0.25, -0.2) is 0 Å². The van der Waals surface area contributed by atoms with Crippen molar-refractivity contribution >= 4 is 28.9 Å². The summed E-state index contributed by atoms with van der Waals surface area (Å²) < 4.78 is 0. The number of ketones is 3. The van der Waals surface area contributed by atoms with E-state index in [1.165, 1.54) is 26.7 Å². The fourth-order valence-electron chi connectivity index (χ4n) is 3.28. The summed E-state index contributed by atoms with van der Waals surface area (Å²) in [4.78, 5) is 47.3. The van der Waals surface area contributed by atoms with Gasteiger partial charge in [-0.1, -0.05) is 72.6 Å². The van der Waals surface area contributed by atoms with Crippen molar-refractivity contribution < 1.29 is 19.2 Å². The number of unbranched alkanes of at least 4 members (excludes halogenated alkanes) is 6. The maximum Gasteiger partial charge on any atom is 0.224 e. The number of hydrogen-bond donors (Lipinski definition) is 1. The average molecular weight is 474 g/mol. The molecule has 0 bridgehead atoms. The molecule has 0 heterocycles. The van der Waals surface area contributed by atoms with Crippen molar-refractivity contribution in [2.75, 3.05) is 5.32 Å². The molecule has 1 amide bonds. The smallest absolute Gasteiger partial charge is 0.224 e. The van der Waals surface area contributed by atoms with Gasteiger partial charge >= 0.3 is 0 Å². The molecule has 1 aromatic carbocycles. The van der Waals surface area contributed by atoms with E-state index >= 15 is 0 Å². The normalized spacial score (nSPS) is 11.2. The first-order valence-electron chi connectivity index (χ1n) is 13.1.